The summed E-state index contributed by atoms with van der Waals surface area (Å²) in [6.07, 6.45) is 9.23. The molecular formula is C23H36O4. The lowest BCUT2D eigenvalue weighted by molar-refractivity contribution is 0.0147. The van der Waals surface area contributed by atoms with Crippen LogP contribution >= 0.6 is 0 Å². The Bertz CT molecular complexity index is 577. The molecule has 1 unspecified atom stereocenters. The van der Waals surface area contributed by atoms with Gasteiger partial charge in [0.1, 0.15) is 6.10 Å². The Hall–Kier alpha value is -1.84. The molecule has 4 nitrogen and oxygen atoms in total. The zero-order chi connectivity index (χ0) is 20.2. The van der Waals surface area contributed by atoms with Crippen LogP contribution in [0.1, 0.15) is 99.8 Å². The van der Waals surface area contributed by atoms with Gasteiger partial charge in [0.2, 0.25) is 0 Å². The minimum atomic E-state index is -1.11. The Balaban J connectivity index is 2.42. The first kappa shape index (κ1) is 23.2. The van der Waals surface area contributed by atoms with Crippen LogP contribution in [0.5, 0.6) is 0 Å². The number of benzene rings is 1. The molecule has 0 aliphatic heterocycles. The second kappa shape index (κ2) is 12.5. The monoisotopic (exact) mass is 376 g/mol. The van der Waals surface area contributed by atoms with E-state index in [4.69, 9.17) is 4.74 Å². The van der Waals surface area contributed by atoms with Gasteiger partial charge in [0, 0.05) is 0 Å². The molecule has 4 heteroatoms. The van der Waals surface area contributed by atoms with Gasteiger partial charge in [-0.1, -0.05) is 78.4 Å². The summed E-state index contributed by atoms with van der Waals surface area (Å²) in [6, 6.07) is 6.22. The number of rotatable bonds is 13. The van der Waals surface area contributed by atoms with E-state index in [9.17, 15) is 14.7 Å². The molecule has 0 saturated carbocycles. The van der Waals surface area contributed by atoms with Crippen LogP contribution < -0.4 is 0 Å². The second-order valence-electron chi connectivity index (χ2n) is 8.13. The minimum absolute atomic E-state index is 0.00796. The van der Waals surface area contributed by atoms with E-state index in [1.807, 2.05) is 13.8 Å². The number of unbranched alkanes of at least 4 members (excludes halogenated alkanes) is 5. The van der Waals surface area contributed by atoms with Crippen LogP contribution in [0.25, 0.3) is 0 Å². The third kappa shape index (κ3) is 9.07. The molecule has 27 heavy (non-hydrogen) atoms. The number of carboxylic acids is 1. The molecule has 0 aliphatic rings. The van der Waals surface area contributed by atoms with Gasteiger partial charge in [-0.2, -0.15) is 0 Å². The molecule has 152 valence electrons. The van der Waals surface area contributed by atoms with E-state index >= 15 is 0 Å². The highest BCUT2D eigenvalue weighted by atomic mass is 16.5. The summed E-state index contributed by atoms with van der Waals surface area (Å²) >= 11 is 0. The van der Waals surface area contributed by atoms with Crippen molar-refractivity contribution in [3.05, 3.63) is 35.4 Å². The van der Waals surface area contributed by atoms with E-state index in [0.29, 0.717) is 0 Å². The van der Waals surface area contributed by atoms with Crippen LogP contribution in [0.3, 0.4) is 0 Å². The zero-order valence-corrected chi connectivity index (χ0v) is 17.4. The number of carboxylic acid groups (broad SMARTS) is 1. The maximum atomic E-state index is 12.5. The van der Waals surface area contributed by atoms with Crippen molar-refractivity contribution in [1.82, 2.24) is 0 Å². The van der Waals surface area contributed by atoms with Crippen LogP contribution in [0, 0.1) is 11.8 Å². The van der Waals surface area contributed by atoms with Crippen molar-refractivity contribution in [3.8, 4) is 0 Å². The quantitative estimate of drug-likeness (QED) is 0.322. The fourth-order valence-corrected chi connectivity index (χ4v) is 3.18. The van der Waals surface area contributed by atoms with Crippen molar-refractivity contribution in [1.29, 1.82) is 0 Å². The molecule has 0 saturated heterocycles. The third-order valence-electron chi connectivity index (χ3n) is 4.90. The number of esters is 1. The van der Waals surface area contributed by atoms with E-state index in [-0.39, 0.29) is 23.1 Å². The number of carbonyl (C=O) groups excluding carboxylic acids is 1. The predicted octanol–water partition coefficient (Wildman–Crippen LogP) is 6.34. The van der Waals surface area contributed by atoms with Gasteiger partial charge in [0.25, 0.3) is 0 Å². The molecule has 0 aliphatic carbocycles. The molecule has 1 atom stereocenters. The number of hydrogen-bond acceptors (Lipinski definition) is 3. The standard InChI is InChI=1S/C23H36O4/c1-17(2)13-9-7-5-6-8-10-16-21(18(3)4)27-23(26)20-15-12-11-14-19(20)22(24)25/h11-12,14-15,17-18,21H,5-10,13,16H2,1-4H3,(H,24,25). The molecule has 1 rings (SSSR count). The van der Waals surface area contributed by atoms with Crippen LogP contribution in [-0.4, -0.2) is 23.1 Å². The maximum absolute atomic E-state index is 12.5. The van der Waals surface area contributed by atoms with Crippen LogP contribution in [0.2, 0.25) is 0 Å². The predicted molar refractivity (Wildman–Crippen MR) is 109 cm³/mol. The summed E-state index contributed by atoms with van der Waals surface area (Å²) in [5.74, 6) is -0.656. The second-order valence-corrected chi connectivity index (χ2v) is 8.13. The molecule has 0 radical (unpaired) electrons. The average Bonchev–Trinajstić information content (AvgIpc) is 2.62. The van der Waals surface area contributed by atoms with E-state index in [1.54, 1.807) is 12.1 Å². The average molecular weight is 377 g/mol. The Morgan fingerprint density at radius 1 is 0.852 bits per heavy atom. The summed E-state index contributed by atoms with van der Waals surface area (Å²) < 4.78 is 5.66. The first-order valence-electron chi connectivity index (χ1n) is 10.4. The molecule has 0 bridgehead atoms. The SMILES string of the molecule is CC(C)CCCCCCCCC(OC(=O)c1ccccc1C(=O)O)C(C)C. The largest absolute Gasteiger partial charge is 0.478 e. The summed E-state index contributed by atoms with van der Waals surface area (Å²) in [5, 5.41) is 9.24. The molecular weight excluding hydrogens is 340 g/mol. The van der Waals surface area contributed by atoms with Gasteiger partial charge in [0.15, 0.2) is 0 Å². The van der Waals surface area contributed by atoms with Crippen molar-refractivity contribution in [2.45, 2.75) is 85.2 Å². The van der Waals surface area contributed by atoms with Crippen molar-refractivity contribution in [2.24, 2.45) is 11.8 Å². The van der Waals surface area contributed by atoms with Crippen molar-refractivity contribution >= 4 is 11.9 Å². The molecule has 0 amide bonds. The van der Waals surface area contributed by atoms with Gasteiger partial charge >= 0.3 is 11.9 Å². The van der Waals surface area contributed by atoms with Crippen LogP contribution in [-0.2, 0) is 4.74 Å². The van der Waals surface area contributed by atoms with E-state index in [1.165, 1.54) is 44.2 Å². The van der Waals surface area contributed by atoms with Crippen molar-refractivity contribution in [3.63, 3.8) is 0 Å². The van der Waals surface area contributed by atoms with Gasteiger partial charge in [0.05, 0.1) is 11.1 Å². The molecule has 0 fully saturated rings. The van der Waals surface area contributed by atoms with Gasteiger partial charge < -0.3 is 9.84 Å². The summed E-state index contributed by atoms with van der Waals surface area (Å²) in [7, 11) is 0. The Morgan fingerprint density at radius 2 is 1.37 bits per heavy atom. The summed E-state index contributed by atoms with van der Waals surface area (Å²) in [6.45, 7) is 8.60. The number of ether oxygens (including phenoxy) is 1. The molecule has 1 N–H and O–H groups in total. The number of carbonyl (C=O) groups is 2. The fourth-order valence-electron chi connectivity index (χ4n) is 3.18. The van der Waals surface area contributed by atoms with Gasteiger partial charge in [-0.15, -0.1) is 0 Å². The lowest BCUT2D eigenvalue weighted by Crippen LogP contribution is -2.24. The number of hydrogen-bond donors (Lipinski definition) is 1. The minimum Gasteiger partial charge on any atom is -0.478 e. The fraction of sp³-hybridized carbons (Fsp3) is 0.652. The lowest BCUT2D eigenvalue weighted by Gasteiger charge is -2.22. The van der Waals surface area contributed by atoms with E-state index in [2.05, 4.69) is 13.8 Å². The topological polar surface area (TPSA) is 63.6 Å². The zero-order valence-electron chi connectivity index (χ0n) is 17.4. The van der Waals surface area contributed by atoms with Crippen molar-refractivity contribution < 1.29 is 19.4 Å². The Kier molecular flexibility index (Phi) is 10.8. The third-order valence-corrected chi connectivity index (χ3v) is 4.90. The highest BCUT2D eigenvalue weighted by Gasteiger charge is 2.22. The van der Waals surface area contributed by atoms with Crippen molar-refractivity contribution in [2.75, 3.05) is 0 Å². The molecule has 1 aromatic carbocycles. The molecule has 1 aromatic rings. The summed E-state index contributed by atoms with van der Waals surface area (Å²) in [4.78, 5) is 23.8. The molecule has 0 heterocycles. The van der Waals surface area contributed by atoms with Gasteiger partial charge in [-0.05, 0) is 36.8 Å². The van der Waals surface area contributed by atoms with E-state index in [0.717, 1.165) is 25.2 Å². The lowest BCUT2D eigenvalue weighted by atomic mass is 9.98. The Labute approximate surface area is 164 Å². The molecule has 0 spiro atoms. The first-order valence-corrected chi connectivity index (χ1v) is 10.4. The van der Waals surface area contributed by atoms with Gasteiger partial charge in [-0.25, -0.2) is 9.59 Å². The maximum Gasteiger partial charge on any atom is 0.339 e. The highest BCUT2D eigenvalue weighted by molar-refractivity contribution is 6.02. The smallest absolute Gasteiger partial charge is 0.339 e. The Morgan fingerprint density at radius 3 is 1.89 bits per heavy atom. The normalized spacial score (nSPS) is 12.4. The number of aromatic carboxylic acids is 1. The molecule has 0 aromatic heterocycles. The van der Waals surface area contributed by atoms with Crippen LogP contribution in [0.15, 0.2) is 24.3 Å². The van der Waals surface area contributed by atoms with E-state index < -0.39 is 11.9 Å². The van der Waals surface area contributed by atoms with Gasteiger partial charge in [-0.3, -0.25) is 0 Å². The highest BCUT2D eigenvalue weighted by Crippen LogP contribution is 2.20. The first-order chi connectivity index (χ1) is 12.8. The van der Waals surface area contributed by atoms with Crippen LogP contribution in [0.4, 0.5) is 0 Å². The summed E-state index contributed by atoms with van der Waals surface area (Å²) in [5.41, 5.74) is 0.118.